The monoisotopic (exact) mass is 721 g/mol. The zero-order chi connectivity index (χ0) is 34.6. The number of halogens is 3. The van der Waals surface area contributed by atoms with E-state index in [4.69, 9.17) is 49.0 Å². The van der Waals surface area contributed by atoms with Gasteiger partial charge in [-0.25, -0.2) is 0 Å². The van der Waals surface area contributed by atoms with Gasteiger partial charge in [-0.3, -0.25) is 14.4 Å². The van der Waals surface area contributed by atoms with Crippen LogP contribution in [0.4, 0.5) is 0 Å². The Kier molecular flexibility index (Phi) is 8.44. The van der Waals surface area contributed by atoms with Gasteiger partial charge in [0.15, 0.2) is 11.9 Å². The summed E-state index contributed by atoms with van der Waals surface area (Å²) in [7, 11) is 0. The summed E-state index contributed by atoms with van der Waals surface area (Å²) in [5.41, 5.74) is 1.09. The largest absolute Gasteiger partial charge is 0.493 e. The minimum absolute atomic E-state index is 0.00243. The molecule has 2 heterocycles. The molecule has 5 fully saturated rings. The topological polar surface area (TPSA) is 90.9 Å². The molecule has 5 aliphatic carbocycles. The normalized spacial score (nSPS) is 46.7. The molecule has 264 valence electrons. The average Bonchev–Trinajstić information content (AvgIpc) is 3.23. The third-order valence-corrected chi connectivity index (χ3v) is 15.4. The van der Waals surface area contributed by atoms with Crippen molar-refractivity contribution in [2.24, 2.45) is 57.2 Å². The minimum Gasteiger partial charge on any atom is -0.493 e. The van der Waals surface area contributed by atoms with Crippen LogP contribution in [0.25, 0.3) is 0 Å². The van der Waals surface area contributed by atoms with E-state index >= 15 is 0 Å². The van der Waals surface area contributed by atoms with E-state index in [2.05, 4.69) is 39.1 Å². The van der Waals surface area contributed by atoms with Crippen LogP contribution in [-0.2, 0) is 28.6 Å². The number of esters is 1. The molecule has 1 amide bonds. The molecule has 1 saturated heterocycles. The highest BCUT2D eigenvalue weighted by Crippen LogP contribution is 2.87. The second kappa shape index (κ2) is 11.7. The molecule has 10 heteroatoms. The highest BCUT2D eigenvalue weighted by atomic mass is 35.6. The number of hydrogen-bond donors (Lipinski definition) is 1. The van der Waals surface area contributed by atoms with Crippen molar-refractivity contribution in [2.75, 3.05) is 13.2 Å². The van der Waals surface area contributed by atoms with Crippen molar-refractivity contribution in [3.05, 3.63) is 35.3 Å². The van der Waals surface area contributed by atoms with Gasteiger partial charge in [0, 0.05) is 43.6 Å². The van der Waals surface area contributed by atoms with Crippen molar-refractivity contribution in [2.45, 2.75) is 109 Å². The van der Waals surface area contributed by atoms with E-state index in [1.54, 1.807) is 0 Å². The Morgan fingerprint density at radius 1 is 1.17 bits per heavy atom. The van der Waals surface area contributed by atoms with Gasteiger partial charge in [-0.2, -0.15) is 0 Å². The Morgan fingerprint density at radius 3 is 2.58 bits per heavy atom. The fourth-order valence-electron chi connectivity index (χ4n) is 12.6. The summed E-state index contributed by atoms with van der Waals surface area (Å²) < 4.78 is 17.5. The summed E-state index contributed by atoms with van der Waals surface area (Å²) in [5, 5.41) is 2.81. The van der Waals surface area contributed by atoms with Crippen LogP contribution < -0.4 is 5.32 Å². The zero-order valence-corrected chi connectivity index (χ0v) is 31.3. The third-order valence-electron chi connectivity index (χ3n) is 14.9. The van der Waals surface area contributed by atoms with E-state index in [0.29, 0.717) is 18.4 Å². The van der Waals surface area contributed by atoms with E-state index in [0.717, 1.165) is 68.5 Å². The number of allylic oxidation sites excluding steroid dienone is 4. The molecule has 0 radical (unpaired) electrons. The quantitative estimate of drug-likeness (QED) is 0.221. The Hall–Kier alpha value is -1.70. The first kappa shape index (κ1) is 34.7. The first-order valence-electron chi connectivity index (χ1n) is 18.0. The molecule has 1 N–H and O–H groups in total. The maximum Gasteiger partial charge on any atom is 0.302 e. The van der Waals surface area contributed by atoms with Gasteiger partial charge < -0.3 is 19.5 Å². The molecule has 12 atom stereocenters. The van der Waals surface area contributed by atoms with Crippen molar-refractivity contribution in [1.29, 1.82) is 0 Å². The molecular weight excluding hydrogens is 673 g/mol. The van der Waals surface area contributed by atoms with Gasteiger partial charge >= 0.3 is 5.97 Å². The number of amides is 1. The van der Waals surface area contributed by atoms with Gasteiger partial charge in [-0.05, 0) is 103 Å². The van der Waals surface area contributed by atoms with E-state index in [9.17, 15) is 14.4 Å². The highest BCUT2D eigenvalue weighted by molar-refractivity contribution is 6.76. The van der Waals surface area contributed by atoms with Crippen molar-refractivity contribution in [3.8, 4) is 0 Å². The predicted octanol–water partition coefficient (Wildman–Crippen LogP) is 8.03. The van der Waals surface area contributed by atoms with Gasteiger partial charge in [0.05, 0.1) is 12.4 Å². The van der Waals surface area contributed by atoms with Crippen molar-refractivity contribution >= 4 is 52.5 Å². The van der Waals surface area contributed by atoms with E-state index in [-0.39, 0.29) is 75.8 Å². The number of carbonyl (C=O) groups is 3. The summed E-state index contributed by atoms with van der Waals surface area (Å²) >= 11 is 17.7. The molecule has 7 nitrogen and oxygen atoms in total. The number of fused-ring (bicyclic) bond motifs is 2. The Labute approximate surface area is 299 Å². The van der Waals surface area contributed by atoms with Crippen LogP contribution in [-0.4, -0.2) is 46.8 Å². The molecule has 2 spiro atoms. The van der Waals surface area contributed by atoms with Crippen LogP contribution >= 0.6 is 34.8 Å². The number of rotatable bonds is 6. The third kappa shape index (κ3) is 4.82. The lowest BCUT2D eigenvalue weighted by Crippen LogP contribution is -2.55. The highest BCUT2D eigenvalue weighted by Gasteiger charge is 2.82. The van der Waals surface area contributed by atoms with E-state index in [1.165, 1.54) is 6.92 Å². The van der Waals surface area contributed by atoms with Crippen LogP contribution in [0.3, 0.4) is 0 Å². The SMILES string of the molecule is CC=C1C[C@@H]([C@H]2[C@@H](OC(C)=O)C[C@@]3(C)[C@@H]4CC[C@H]5[C@H](C)C(=O)C=C[C@@]56C[C@@]46CC[C@]23C)[C@H](C2=C(CNC(=O)C(Cl)(Cl)Cl)[C@@H](CC)CO2)O1. The van der Waals surface area contributed by atoms with Crippen molar-refractivity contribution in [3.63, 3.8) is 0 Å². The fourth-order valence-corrected chi connectivity index (χ4v) is 12.8. The number of ketones is 1. The summed E-state index contributed by atoms with van der Waals surface area (Å²) in [6.45, 7) is 13.4. The predicted molar refractivity (Wildman–Crippen MR) is 185 cm³/mol. The smallest absolute Gasteiger partial charge is 0.302 e. The average molecular weight is 723 g/mol. The Morgan fingerprint density at radius 2 is 1.92 bits per heavy atom. The van der Waals surface area contributed by atoms with Gasteiger partial charge in [0.25, 0.3) is 9.70 Å². The van der Waals surface area contributed by atoms with Crippen molar-refractivity contribution < 1.29 is 28.6 Å². The number of alkyl halides is 3. The number of ether oxygens (including phenoxy) is 3. The second-order valence-corrected chi connectivity index (χ2v) is 18.8. The lowest BCUT2D eigenvalue weighted by molar-refractivity contribution is -0.152. The molecule has 0 aromatic carbocycles. The first-order valence-corrected chi connectivity index (χ1v) is 19.1. The maximum atomic E-state index is 12.8. The lowest BCUT2D eigenvalue weighted by atomic mass is 9.43. The van der Waals surface area contributed by atoms with Gasteiger partial charge in [-0.1, -0.05) is 68.6 Å². The first-order chi connectivity index (χ1) is 22.6. The van der Waals surface area contributed by atoms with Gasteiger partial charge in [0.2, 0.25) is 0 Å². The number of carbonyl (C=O) groups excluding carboxylic acids is 3. The van der Waals surface area contributed by atoms with E-state index < -0.39 is 9.70 Å². The maximum absolute atomic E-state index is 12.8. The van der Waals surface area contributed by atoms with Crippen LogP contribution in [0.2, 0.25) is 0 Å². The molecule has 7 rings (SSSR count). The molecule has 0 aromatic heterocycles. The molecule has 4 saturated carbocycles. The molecule has 0 aromatic rings. The zero-order valence-electron chi connectivity index (χ0n) is 29.0. The lowest BCUT2D eigenvalue weighted by Gasteiger charge is -2.61. The van der Waals surface area contributed by atoms with Crippen LogP contribution in [0.5, 0.6) is 0 Å². The summed E-state index contributed by atoms with van der Waals surface area (Å²) in [6, 6.07) is 0. The van der Waals surface area contributed by atoms with Crippen LogP contribution in [0.15, 0.2) is 35.3 Å². The second-order valence-electron chi connectivity index (χ2n) is 16.5. The standard InChI is InChI=1S/C38H50Cl3NO6/c1-7-22-18-46-31(25(22)17-42-33(45)38(39,40)41)32-24(15-23(8-2)48-32)30-28(47-21(4)43)16-35(6)29-10-9-26-20(3)27(44)11-12-36(26)19-37(29,36)14-13-34(30,35)5/h8,11-12,20,22,24,26,28-30,32H,7,9-10,13-19H2,1-6H3,(H,42,45)/t20-,22-,24-,26-,28-,29-,30-,32+,34+,35-,36+,37-/m0/s1. The Balaban J connectivity index is 1.27. The number of nitrogens with one attached hydrogen (secondary N) is 1. The van der Waals surface area contributed by atoms with E-state index in [1.807, 2.05) is 19.1 Å². The number of hydrogen-bond acceptors (Lipinski definition) is 6. The summed E-state index contributed by atoms with van der Waals surface area (Å²) in [5.74, 6) is 2.13. The van der Waals surface area contributed by atoms with Gasteiger partial charge in [-0.15, -0.1) is 0 Å². The summed E-state index contributed by atoms with van der Waals surface area (Å²) in [4.78, 5) is 38.1. The van der Waals surface area contributed by atoms with Crippen LogP contribution in [0, 0.1) is 57.2 Å². The molecule has 2 aliphatic heterocycles. The fraction of sp³-hybridized carbons (Fsp3) is 0.763. The molecule has 0 bridgehead atoms. The minimum atomic E-state index is -2.06. The van der Waals surface area contributed by atoms with Crippen molar-refractivity contribution in [1.82, 2.24) is 5.32 Å². The molecule has 48 heavy (non-hydrogen) atoms. The molecule has 0 unspecified atom stereocenters. The van der Waals surface area contributed by atoms with Gasteiger partial charge in [0.1, 0.15) is 11.9 Å². The summed E-state index contributed by atoms with van der Waals surface area (Å²) in [6.07, 6.45) is 13.4. The molecular formula is C38H50Cl3NO6. The molecule has 7 aliphatic rings. The Bertz CT molecular complexity index is 1500. The van der Waals surface area contributed by atoms with Crippen LogP contribution in [0.1, 0.15) is 92.9 Å².